The Hall–Kier alpha value is -0.870. The molecule has 0 saturated heterocycles. The van der Waals surface area contributed by atoms with Crippen LogP contribution in [-0.2, 0) is 0 Å². The molecule has 1 rings (SSSR count). The predicted octanol–water partition coefficient (Wildman–Crippen LogP) is 2.10. The molecule has 2 atom stereocenters. The molecule has 0 aliphatic heterocycles. The van der Waals surface area contributed by atoms with E-state index in [4.69, 9.17) is 5.73 Å². The van der Waals surface area contributed by atoms with Crippen molar-refractivity contribution in [1.82, 2.24) is 0 Å². The number of aryl methyl sites for hydroxylation is 1. The van der Waals surface area contributed by atoms with E-state index in [1.165, 1.54) is 0 Å². The Labute approximate surface area is 101 Å². The molecule has 3 nitrogen and oxygen atoms in total. The minimum absolute atomic E-state index is 0.168. The van der Waals surface area contributed by atoms with Gasteiger partial charge in [0.2, 0.25) is 0 Å². The monoisotopic (exact) mass is 240 g/mol. The molecule has 2 unspecified atom stereocenters. The third-order valence-electron chi connectivity index (χ3n) is 2.72. The fourth-order valence-electron chi connectivity index (χ4n) is 1.65. The third-order valence-corrected chi connectivity index (χ3v) is 3.88. The van der Waals surface area contributed by atoms with Crippen molar-refractivity contribution in [3.8, 4) is 0 Å². The Balaban J connectivity index is 2.80. The first-order chi connectivity index (χ1) is 7.60. The fourth-order valence-corrected chi connectivity index (χ4v) is 2.27. The van der Waals surface area contributed by atoms with Gasteiger partial charge in [-0.3, -0.25) is 0 Å². The van der Waals surface area contributed by atoms with E-state index in [9.17, 15) is 5.11 Å². The van der Waals surface area contributed by atoms with Gasteiger partial charge in [-0.2, -0.15) is 11.8 Å². The highest BCUT2D eigenvalue weighted by Crippen LogP contribution is 2.25. The van der Waals surface area contributed by atoms with E-state index in [1.807, 2.05) is 31.4 Å². The lowest BCUT2D eigenvalue weighted by molar-refractivity contribution is 0.288. The van der Waals surface area contributed by atoms with Crippen LogP contribution in [-0.4, -0.2) is 29.3 Å². The second-order valence-corrected chi connectivity index (χ2v) is 5.01. The average molecular weight is 240 g/mol. The van der Waals surface area contributed by atoms with E-state index in [0.29, 0.717) is 0 Å². The molecule has 1 aromatic rings. The van der Waals surface area contributed by atoms with Gasteiger partial charge in [-0.1, -0.05) is 12.1 Å². The number of thioether (sulfide) groups is 1. The summed E-state index contributed by atoms with van der Waals surface area (Å²) in [6, 6.07) is 6.04. The SMILES string of the molecule is CSC(CO)C(C)Nc1c(C)cccc1N. The van der Waals surface area contributed by atoms with Crippen LogP contribution < -0.4 is 11.1 Å². The zero-order valence-electron chi connectivity index (χ0n) is 10.0. The summed E-state index contributed by atoms with van der Waals surface area (Å²) in [5.74, 6) is 0. The first-order valence-corrected chi connectivity index (χ1v) is 6.64. The summed E-state index contributed by atoms with van der Waals surface area (Å²) >= 11 is 1.66. The van der Waals surface area contributed by atoms with Crippen LogP contribution in [0.2, 0.25) is 0 Å². The Kier molecular flexibility index (Phi) is 4.96. The molecule has 0 aliphatic carbocycles. The van der Waals surface area contributed by atoms with Crippen molar-refractivity contribution >= 4 is 23.1 Å². The zero-order valence-corrected chi connectivity index (χ0v) is 10.8. The van der Waals surface area contributed by atoms with Crippen molar-refractivity contribution < 1.29 is 5.11 Å². The lowest BCUT2D eigenvalue weighted by Gasteiger charge is -2.24. The number of hydrogen-bond acceptors (Lipinski definition) is 4. The molecule has 4 heteroatoms. The van der Waals surface area contributed by atoms with Crippen molar-refractivity contribution in [2.75, 3.05) is 23.9 Å². The molecular formula is C12H20N2OS. The topological polar surface area (TPSA) is 58.3 Å². The minimum atomic E-state index is 0.168. The molecule has 0 fully saturated rings. The highest BCUT2D eigenvalue weighted by molar-refractivity contribution is 7.99. The van der Waals surface area contributed by atoms with Crippen LogP contribution in [0.5, 0.6) is 0 Å². The van der Waals surface area contributed by atoms with Crippen LogP contribution in [0.4, 0.5) is 11.4 Å². The summed E-state index contributed by atoms with van der Waals surface area (Å²) in [6.07, 6.45) is 2.00. The van der Waals surface area contributed by atoms with Gasteiger partial charge < -0.3 is 16.2 Å². The molecular weight excluding hydrogens is 220 g/mol. The Bertz CT molecular complexity index is 320. The molecule has 0 aromatic heterocycles. The van der Waals surface area contributed by atoms with E-state index < -0.39 is 0 Å². The van der Waals surface area contributed by atoms with Gasteiger partial charge in [-0.15, -0.1) is 0 Å². The summed E-state index contributed by atoms with van der Waals surface area (Å²) < 4.78 is 0. The van der Waals surface area contributed by atoms with Gasteiger partial charge in [0.15, 0.2) is 0 Å². The maximum atomic E-state index is 9.22. The highest BCUT2D eigenvalue weighted by atomic mass is 32.2. The molecule has 0 heterocycles. The first kappa shape index (κ1) is 13.2. The zero-order chi connectivity index (χ0) is 12.1. The van der Waals surface area contributed by atoms with Gasteiger partial charge in [-0.05, 0) is 31.7 Å². The summed E-state index contributed by atoms with van der Waals surface area (Å²) in [4.78, 5) is 0. The Morgan fingerprint density at radius 2 is 2.19 bits per heavy atom. The summed E-state index contributed by atoms with van der Waals surface area (Å²) in [5.41, 5.74) is 8.78. The standard InChI is InChI=1S/C12H20N2OS/c1-8-5-4-6-10(13)12(8)14-9(2)11(7-15)16-3/h4-6,9,11,14-15H,7,13H2,1-3H3. The van der Waals surface area contributed by atoms with Gasteiger partial charge in [0.1, 0.15) is 0 Å². The molecule has 1 aromatic carbocycles. The largest absolute Gasteiger partial charge is 0.397 e. The summed E-state index contributed by atoms with van der Waals surface area (Å²) in [6.45, 7) is 4.25. The minimum Gasteiger partial charge on any atom is -0.397 e. The lowest BCUT2D eigenvalue weighted by Crippen LogP contribution is -2.31. The van der Waals surface area contributed by atoms with Crippen LogP contribution in [0.3, 0.4) is 0 Å². The number of aliphatic hydroxyl groups is 1. The van der Waals surface area contributed by atoms with E-state index in [0.717, 1.165) is 16.9 Å². The number of para-hydroxylation sites is 1. The molecule has 0 spiro atoms. The van der Waals surface area contributed by atoms with Crippen molar-refractivity contribution in [1.29, 1.82) is 0 Å². The molecule has 0 aliphatic rings. The van der Waals surface area contributed by atoms with Gasteiger partial charge >= 0.3 is 0 Å². The fraction of sp³-hybridized carbons (Fsp3) is 0.500. The number of rotatable bonds is 5. The smallest absolute Gasteiger partial charge is 0.0606 e. The number of nitrogens with two attached hydrogens (primary N) is 1. The van der Waals surface area contributed by atoms with E-state index in [1.54, 1.807) is 11.8 Å². The predicted molar refractivity (Wildman–Crippen MR) is 73.1 cm³/mol. The van der Waals surface area contributed by atoms with Gasteiger partial charge in [-0.25, -0.2) is 0 Å². The lowest BCUT2D eigenvalue weighted by atomic mass is 10.1. The molecule has 0 amide bonds. The maximum Gasteiger partial charge on any atom is 0.0606 e. The van der Waals surface area contributed by atoms with Gasteiger partial charge in [0.25, 0.3) is 0 Å². The van der Waals surface area contributed by atoms with Crippen LogP contribution in [0.25, 0.3) is 0 Å². The third kappa shape index (κ3) is 3.06. The Morgan fingerprint density at radius 1 is 1.50 bits per heavy atom. The number of anilines is 2. The second kappa shape index (κ2) is 6.01. The molecule has 0 saturated carbocycles. The van der Waals surface area contributed by atoms with Crippen molar-refractivity contribution in [2.24, 2.45) is 0 Å². The number of hydrogen-bond donors (Lipinski definition) is 3. The van der Waals surface area contributed by atoms with Gasteiger partial charge in [0, 0.05) is 11.3 Å². The van der Waals surface area contributed by atoms with Crippen LogP contribution >= 0.6 is 11.8 Å². The van der Waals surface area contributed by atoms with Crippen LogP contribution in [0.1, 0.15) is 12.5 Å². The van der Waals surface area contributed by atoms with Gasteiger partial charge in [0.05, 0.1) is 18.0 Å². The second-order valence-electron chi connectivity index (χ2n) is 3.93. The molecule has 16 heavy (non-hydrogen) atoms. The average Bonchev–Trinajstić information content (AvgIpc) is 2.25. The van der Waals surface area contributed by atoms with Crippen LogP contribution in [0, 0.1) is 6.92 Å². The number of nitrogen functional groups attached to an aromatic ring is 1. The molecule has 4 N–H and O–H groups in total. The number of aliphatic hydroxyl groups excluding tert-OH is 1. The molecule has 0 radical (unpaired) electrons. The number of nitrogens with one attached hydrogen (secondary N) is 1. The molecule has 0 bridgehead atoms. The van der Waals surface area contributed by atoms with Crippen LogP contribution in [0.15, 0.2) is 18.2 Å². The quantitative estimate of drug-likeness (QED) is 0.690. The van der Waals surface area contributed by atoms with Crippen molar-refractivity contribution in [3.63, 3.8) is 0 Å². The van der Waals surface area contributed by atoms with E-state index in [-0.39, 0.29) is 17.9 Å². The first-order valence-electron chi connectivity index (χ1n) is 5.35. The maximum absolute atomic E-state index is 9.22. The molecule has 90 valence electrons. The van der Waals surface area contributed by atoms with E-state index in [2.05, 4.69) is 12.2 Å². The van der Waals surface area contributed by atoms with Crippen molar-refractivity contribution in [3.05, 3.63) is 23.8 Å². The Morgan fingerprint density at radius 3 is 2.69 bits per heavy atom. The summed E-state index contributed by atoms with van der Waals surface area (Å²) in [7, 11) is 0. The normalized spacial score (nSPS) is 14.5. The summed E-state index contributed by atoms with van der Waals surface area (Å²) in [5, 5.41) is 12.8. The van der Waals surface area contributed by atoms with Crippen molar-refractivity contribution in [2.45, 2.75) is 25.1 Å². The number of benzene rings is 1. The highest BCUT2D eigenvalue weighted by Gasteiger charge is 2.16. The van der Waals surface area contributed by atoms with E-state index >= 15 is 0 Å².